The van der Waals surface area contributed by atoms with Crippen molar-refractivity contribution in [1.29, 1.82) is 0 Å². The molecule has 5 heteroatoms. The zero-order valence-corrected chi connectivity index (χ0v) is 12.7. The molecule has 1 N–H and O–H groups in total. The molecule has 0 radical (unpaired) electrons. The number of amides is 1. The molecule has 1 amide bonds. The lowest BCUT2D eigenvalue weighted by atomic mass is 10.1. The standard InChI is InChI=1S/C18H12ClFN2O/c19-16-6-3-7-17(20)15(16)11-21-22-18(23)14-9-8-12-4-1-2-5-13(12)10-14/h1-11H,(H,22,23)/b21-11-. The molecule has 0 aliphatic rings. The van der Waals surface area contributed by atoms with Gasteiger partial charge in [0.2, 0.25) is 0 Å². The zero-order chi connectivity index (χ0) is 16.2. The van der Waals surface area contributed by atoms with Gasteiger partial charge >= 0.3 is 0 Å². The molecule has 0 unspecified atom stereocenters. The van der Waals surface area contributed by atoms with E-state index in [2.05, 4.69) is 10.5 Å². The van der Waals surface area contributed by atoms with Crippen molar-refractivity contribution in [1.82, 2.24) is 5.43 Å². The summed E-state index contributed by atoms with van der Waals surface area (Å²) < 4.78 is 13.6. The van der Waals surface area contributed by atoms with Crippen molar-refractivity contribution < 1.29 is 9.18 Å². The summed E-state index contributed by atoms with van der Waals surface area (Å²) in [7, 11) is 0. The van der Waals surface area contributed by atoms with Crippen molar-refractivity contribution in [2.75, 3.05) is 0 Å². The lowest BCUT2D eigenvalue weighted by molar-refractivity contribution is 0.0955. The van der Waals surface area contributed by atoms with Gasteiger partial charge in [0, 0.05) is 11.1 Å². The fourth-order valence-corrected chi connectivity index (χ4v) is 2.40. The molecule has 0 spiro atoms. The Morgan fingerprint density at radius 1 is 1.04 bits per heavy atom. The third kappa shape index (κ3) is 3.38. The molecule has 3 aromatic carbocycles. The summed E-state index contributed by atoms with van der Waals surface area (Å²) in [6.07, 6.45) is 1.19. The van der Waals surface area contributed by atoms with Gasteiger partial charge in [-0.3, -0.25) is 4.79 Å². The molecular weight excluding hydrogens is 315 g/mol. The van der Waals surface area contributed by atoms with Crippen molar-refractivity contribution in [2.45, 2.75) is 0 Å². The van der Waals surface area contributed by atoms with E-state index >= 15 is 0 Å². The lowest BCUT2D eigenvalue weighted by Gasteiger charge is -2.03. The predicted octanol–water partition coefficient (Wildman–Crippen LogP) is 4.40. The van der Waals surface area contributed by atoms with E-state index in [4.69, 9.17) is 11.6 Å². The normalized spacial score (nSPS) is 11.0. The molecule has 0 aliphatic heterocycles. The van der Waals surface area contributed by atoms with Gasteiger partial charge in [-0.2, -0.15) is 5.10 Å². The van der Waals surface area contributed by atoms with Gasteiger partial charge in [-0.1, -0.05) is 48.0 Å². The zero-order valence-electron chi connectivity index (χ0n) is 12.0. The number of hydrazone groups is 1. The van der Waals surface area contributed by atoms with Crippen LogP contribution in [-0.4, -0.2) is 12.1 Å². The van der Waals surface area contributed by atoms with Crippen LogP contribution in [0.1, 0.15) is 15.9 Å². The van der Waals surface area contributed by atoms with E-state index in [9.17, 15) is 9.18 Å². The second-order valence-electron chi connectivity index (χ2n) is 4.90. The van der Waals surface area contributed by atoms with Crippen LogP contribution in [-0.2, 0) is 0 Å². The lowest BCUT2D eigenvalue weighted by Crippen LogP contribution is -2.17. The molecule has 3 aromatic rings. The predicted molar refractivity (Wildman–Crippen MR) is 90.4 cm³/mol. The maximum atomic E-state index is 13.6. The number of hydrogen-bond donors (Lipinski definition) is 1. The summed E-state index contributed by atoms with van der Waals surface area (Å²) >= 11 is 5.88. The van der Waals surface area contributed by atoms with Gasteiger partial charge in [0.25, 0.3) is 5.91 Å². The van der Waals surface area contributed by atoms with Gasteiger partial charge in [0.05, 0.1) is 11.2 Å². The second-order valence-corrected chi connectivity index (χ2v) is 5.30. The highest BCUT2D eigenvalue weighted by molar-refractivity contribution is 6.33. The highest BCUT2D eigenvalue weighted by Crippen LogP contribution is 2.17. The van der Waals surface area contributed by atoms with Crippen LogP contribution in [0.25, 0.3) is 10.8 Å². The van der Waals surface area contributed by atoms with Crippen LogP contribution in [0, 0.1) is 5.82 Å². The highest BCUT2D eigenvalue weighted by atomic mass is 35.5. The molecule has 0 atom stereocenters. The molecule has 0 saturated heterocycles. The molecular formula is C18H12ClFN2O. The first-order chi connectivity index (χ1) is 11.1. The number of hydrogen-bond acceptors (Lipinski definition) is 2. The van der Waals surface area contributed by atoms with Crippen LogP contribution >= 0.6 is 11.6 Å². The molecule has 114 valence electrons. The van der Waals surface area contributed by atoms with Crippen LogP contribution in [0.3, 0.4) is 0 Å². The Labute approximate surface area is 137 Å². The maximum absolute atomic E-state index is 13.6. The van der Waals surface area contributed by atoms with Crippen molar-refractivity contribution in [3.63, 3.8) is 0 Å². The number of fused-ring (bicyclic) bond motifs is 1. The average Bonchev–Trinajstić information content (AvgIpc) is 2.57. The number of benzene rings is 3. The Bertz CT molecular complexity index is 888. The summed E-state index contributed by atoms with van der Waals surface area (Å²) in [6.45, 7) is 0. The largest absolute Gasteiger partial charge is 0.271 e. The average molecular weight is 327 g/mol. The molecule has 0 fully saturated rings. The number of nitrogens with zero attached hydrogens (tertiary/aromatic N) is 1. The van der Waals surface area contributed by atoms with Crippen LogP contribution in [0.5, 0.6) is 0 Å². The van der Waals surface area contributed by atoms with Gasteiger partial charge in [0.15, 0.2) is 0 Å². The summed E-state index contributed by atoms with van der Waals surface area (Å²) in [4.78, 5) is 12.1. The fraction of sp³-hybridized carbons (Fsp3) is 0. The van der Waals surface area contributed by atoms with Crippen molar-refractivity contribution in [3.8, 4) is 0 Å². The van der Waals surface area contributed by atoms with E-state index in [0.717, 1.165) is 10.8 Å². The van der Waals surface area contributed by atoms with Gasteiger partial charge in [-0.15, -0.1) is 0 Å². The third-order valence-corrected chi connectivity index (χ3v) is 3.70. The third-order valence-electron chi connectivity index (χ3n) is 3.37. The van der Waals surface area contributed by atoms with Crippen molar-refractivity contribution >= 4 is 34.5 Å². The SMILES string of the molecule is O=C(N/N=C\c1c(F)cccc1Cl)c1ccc2ccccc2c1. The van der Waals surface area contributed by atoms with E-state index in [-0.39, 0.29) is 16.5 Å². The van der Waals surface area contributed by atoms with E-state index in [1.54, 1.807) is 18.2 Å². The van der Waals surface area contributed by atoms with Gasteiger partial charge in [-0.05, 0) is 35.0 Å². The van der Waals surface area contributed by atoms with Gasteiger partial charge < -0.3 is 0 Å². The van der Waals surface area contributed by atoms with Gasteiger partial charge in [0.1, 0.15) is 5.82 Å². The summed E-state index contributed by atoms with van der Waals surface area (Å²) in [5.41, 5.74) is 2.98. The van der Waals surface area contributed by atoms with E-state index in [1.807, 2.05) is 30.3 Å². The minimum atomic E-state index is -0.499. The molecule has 0 aromatic heterocycles. The Kier molecular flexibility index (Phi) is 4.35. The number of carbonyl (C=O) groups is 1. The smallest absolute Gasteiger partial charge is 0.267 e. The Hall–Kier alpha value is -2.72. The van der Waals surface area contributed by atoms with E-state index < -0.39 is 5.82 Å². The topological polar surface area (TPSA) is 41.5 Å². The van der Waals surface area contributed by atoms with E-state index in [1.165, 1.54) is 18.3 Å². The summed E-state index contributed by atoms with van der Waals surface area (Å²) in [6, 6.07) is 17.4. The molecule has 23 heavy (non-hydrogen) atoms. The highest BCUT2D eigenvalue weighted by Gasteiger charge is 2.06. The number of rotatable bonds is 3. The van der Waals surface area contributed by atoms with Crippen LogP contribution in [0.4, 0.5) is 4.39 Å². The summed E-state index contributed by atoms with van der Waals surface area (Å²) in [5.74, 6) is -0.874. The van der Waals surface area contributed by atoms with Crippen LogP contribution in [0.15, 0.2) is 65.8 Å². The monoisotopic (exact) mass is 326 g/mol. The molecule has 0 aliphatic carbocycles. The Balaban J connectivity index is 1.77. The minimum absolute atomic E-state index is 0.132. The maximum Gasteiger partial charge on any atom is 0.271 e. The van der Waals surface area contributed by atoms with Gasteiger partial charge in [-0.25, -0.2) is 9.82 Å². The number of carbonyl (C=O) groups excluding carboxylic acids is 1. The molecule has 0 saturated carbocycles. The Morgan fingerprint density at radius 2 is 1.83 bits per heavy atom. The number of nitrogens with one attached hydrogen (secondary N) is 1. The second kappa shape index (κ2) is 6.58. The molecule has 0 bridgehead atoms. The molecule has 0 heterocycles. The van der Waals surface area contributed by atoms with Crippen LogP contribution < -0.4 is 5.43 Å². The fourth-order valence-electron chi connectivity index (χ4n) is 2.18. The first kappa shape index (κ1) is 15.2. The molecule has 3 rings (SSSR count). The molecule has 3 nitrogen and oxygen atoms in total. The number of halogens is 2. The first-order valence-electron chi connectivity index (χ1n) is 6.91. The quantitative estimate of drug-likeness (QED) is 0.562. The minimum Gasteiger partial charge on any atom is -0.267 e. The summed E-state index contributed by atoms with van der Waals surface area (Å²) in [5, 5.41) is 6.01. The van der Waals surface area contributed by atoms with Crippen molar-refractivity contribution in [2.24, 2.45) is 5.10 Å². The van der Waals surface area contributed by atoms with Crippen LogP contribution in [0.2, 0.25) is 5.02 Å². The Morgan fingerprint density at radius 3 is 2.61 bits per heavy atom. The van der Waals surface area contributed by atoms with Crippen molar-refractivity contribution in [3.05, 3.63) is 82.6 Å². The van der Waals surface area contributed by atoms with E-state index in [0.29, 0.717) is 5.56 Å². The first-order valence-corrected chi connectivity index (χ1v) is 7.29.